The van der Waals surface area contributed by atoms with Gasteiger partial charge in [-0.25, -0.2) is 13.2 Å². The first-order valence-electron chi connectivity index (χ1n) is 6.11. The Kier molecular flexibility index (Phi) is 3.96. The summed E-state index contributed by atoms with van der Waals surface area (Å²) in [5, 5.41) is 4.47. The maximum absolute atomic E-state index is 13.3. The summed E-state index contributed by atoms with van der Waals surface area (Å²) in [6.07, 6.45) is 0.783. The Balaban J connectivity index is 1.88. The van der Waals surface area contributed by atoms with Crippen molar-refractivity contribution < 1.29 is 22.8 Å². The Morgan fingerprint density at radius 1 is 1.25 bits per heavy atom. The molecule has 1 aromatic rings. The molecule has 1 saturated carbocycles. The molecule has 0 saturated heterocycles. The number of hydrogen-bond donors (Lipinski definition) is 2. The Labute approximate surface area is 113 Å². The molecule has 7 heteroatoms. The van der Waals surface area contributed by atoms with Crippen molar-refractivity contribution in [1.82, 2.24) is 5.32 Å². The second-order valence-corrected chi connectivity index (χ2v) is 4.81. The van der Waals surface area contributed by atoms with Crippen LogP contribution in [0.5, 0.6) is 0 Å². The average molecular weight is 286 g/mol. The number of carbonyl (C=O) groups excluding carboxylic acids is 2. The molecule has 4 nitrogen and oxygen atoms in total. The van der Waals surface area contributed by atoms with Gasteiger partial charge in [0.2, 0.25) is 11.8 Å². The Bertz CT molecular complexity index is 563. The van der Waals surface area contributed by atoms with E-state index in [0.29, 0.717) is 12.0 Å². The molecule has 20 heavy (non-hydrogen) atoms. The monoisotopic (exact) mass is 286 g/mol. The highest BCUT2D eigenvalue weighted by atomic mass is 19.2. The number of benzene rings is 1. The molecule has 0 radical (unpaired) electrons. The SMILES string of the molecule is C[C@@H]1C[C@@H]1C(=O)NCC(=O)Nc1ccc(F)c(F)c1F. The molecular formula is C13H13F3N2O2. The molecule has 0 bridgehead atoms. The standard InChI is InChI=1S/C13H13F3N2O2/c1-6-4-7(6)13(20)17-5-10(19)18-9-3-2-8(14)11(15)12(9)16/h2-3,6-7H,4-5H2,1H3,(H,17,20)(H,18,19)/t6-,7+/m1/s1. The molecule has 0 unspecified atom stereocenters. The lowest BCUT2D eigenvalue weighted by molar-refractivity contribution is -0.125. The van der Waals surface area contributed by atoms with Crippen LogP contribution in [0.4, 0.5) is 18.9 Å². The van der Waals surface area contributed by atoms with E-state index in [9.17, 15) is 22.8 Å². The number of anilines is 1. The molecule has 2 N–H and O–H groups in total. The molecule has 1 fully saturated rings. The lowest BCUT2D eigenvalue weighted by Gasteiger charge is -2.08. The van der Waals surface area contributed by atoms with Gasteiger partial charge in [-0.15, -0.1) is 0 Å². The van der Waals surface area contributed by atoms with Gasteiger partial charge in [-0.2, -0.15) is 0 Å². The largest absolute Gasteiger partial charge is 0.347 e. The molecule has 1 aliphatic carbocycles. The van der Waals surface area contributed by atoms with Crippen LogP contribution >= 0.6 is 0 Å². The number of amides is 2. The maximum atomic E-state index is 13.3. The van der Waals surface area contributed by atoms with Crippen LogP contribution in [-0.4, -0.2) is 18.4 Å². The van der Waals surface area contributed by atoms with Gasteiger partial charge in [-0.3, -0.25) is 9.59 Å². The van der Waals surface area contributed by atoms with E-state index >= 15 is 0 Å². The second-order valence-electron chi connectivity index (χ2n) is 4.81. The fraction of sp³-hybridized carbons (Fsp3) is 0.385. The number of halogens is 3. The van der Waals surface area contributed by atoms with Crippen LogP contribution in [-0.2, 0) is 9.59 Å². The van der Waals surface area contributed by atoms with Gasteiger partial charge in [-0.05, 0) is 24.5 Å². The lowest BCUT2D eigenvalue weighted by atomic mass is 10.2. The smallest absolute Gasteiger partial charge is 0.243 e. The molecule has 2 atom stereocenters. The normalized spacial score (nSPS) is 20.4. The predicted molar refractivity (Wildman–Crippen MR) is 65.2 cm³/mol. The van der Waals surface area contributed by atoms with Crippen LogP contribution in [0.25, 0.3) is 0 Å². The van der Waals surface area contributed by atoms with Gasteiger partial charge in [0, 0.05) is 5.92 Å². The van der Waals surface area contributed by atoms with Gasteiger partial charge in [0.15, 0.2) is 17.5 Å². The highest BCUT2D eigenvalue weighted by Crippen LogP contribution is 2.37. The summed E-state index contributed by atoms with van der Waals surface area (Å²) in [5.74, 6) is -5.19. The Morgan fingerprint density at radius 2 is 1.90 bits per heavy atom. The maximum Gasteiger partial charge on any atom is 0.243 e. The number of nitrogens with one attached hydrogen (secondary N) is 2. The zero-order valence-corrected chi connectivity index (χ0v) is 10.7. The van der Waals surface area contributed by atoms with Crippen molar-refractivity contribution in [3.63, 3.8) is 0 Å². The minimum absolute atomic E-state index is 0.0807. The number of rotatable bonds is 4. The van der Waals surface area contributed by atoms with Crippen LogP contribution in [0.15, 0.2) is 12.1 Å². The van der Waals surface area contributed by atoms with Crippen molar-refractivity contribution in [3.8, 4) is 0 Å². The third-order valence-corrected chi connectivity index (χ3v) is 3.18. The van der Waals surface area contributed by atoms with E-state index in [1.54, 1.807) is 0 Å². The van der Waals surface area contributed by atoms with E-state index in [2.05, 4.69) is 10.6 Å². The highest BCUT2D eigenvalue weighted by Gasteiger charge is 2.38. The third-order valence-electron chi connectivity index (χ3n) is 3.18. The Morgan fingerprint density at radius 3 is 2.50 bits per heavy atom. The van der Waals surface area contributed by atoms with E-state index in [1.807, 2.05) is 6.92 Å². The van der Waals surface area contributed by atoms with Gasteiger partial charge in [0.1, 0.15) is 0 Å². The summed E-state index contributed by atoms with van der Waals surface area (Å²) in [5.41, 5.74) is -0.470. The summed E-state index contributed by atoms with van der Waals surface area (Å²) in [6.45, 7) is 1.57. The molecule has 0 heterocycles. The van der Waals surface area contributed by atoms with E-state index in [0.717, 1.165) is 12.5 Å². The van der Waals surface area contributed by atoms with Crippen LogP contribution < -0.4 is 10.6 Å². The summed E-state index contributed by atoms with van der Waals surface area (Å²) in [4.78, 5) is 22.9. The zero-order valence-electron chi connectivity index (χ0n) is 10.7. The molecule has 1 aromatic carbocycles. The molecule has 2 rings (SSSR count). The zero-order chi connectivity index (χ0) is 14.9. The molecule has 1 aliphatic rings. The van der Waals surface area contributed by atoms with Crippen molar-refractivity contribution in [1.29, 1.82) is 0 Å². The lowest BCUT2D eigenvalue weighted by Crippen LogP contribution is -2.34. The Hall–Kier alpha value is -2.05. The first kappa shape index (κ1) is 14.4. The van der Waals surface area contributed by atoms with Crippen molar-refractivity contribution in [2.75, 3.05) is 11.9 Å². The van der Waals surface area contributed by atoms with Gasteiger partial charge in [-0.1, -0.05) is 6.92 Å². The summed E-state index contributed by atoms with van der Waals surface area (Å²) in [6, 6.07) is 1.62. The van der Waals surface area contributed by atoms with E-state index in [-0.39, 0.29) is 18.4 Å². The van der Waals surface area contributed by atoms with Crippen molar-refractivity contribution in [2.24, 2.45) is 11.8 Å². The quantitative estimate of drug-likeness (QED) is 0.829. The van der Waals surface area contributed by atoms with Crippen molar-refractivity contribution in [3.05, 3.63) is 29.6 Å². The fourth-order valence-electron chi connectivity index (χ4n) is 1.80. The molecule has 0 spiro atoms. The molecule has 0 aromatic heterocycles. The number of carbonyl (C=O) groups is 2. The first-order valence-corrected chi connectivity index (χ1v) is 6.11. The van der Waals surface area contributed by atoms with Gasteiger partial charge in [0.05, 0.1) is 12.2 Å². The molecular weight excluding hydrogens is 273 g/mol. The van der Waals surface area contributed by atoms with Crippen LogP contribution in [0, 0.1) is 29.3 Å². The number of hydrogen-bond acceptors (Lipinski definition) is 2. The molecule has 0 aliphatic heterocycles. The van der Waals surface area contributed by atoms with Gasteiger partial charge < -0.3 is 10.6 Å². The second kappa shape index (κ2) is 5.52. The van der Waals surface area contributed by atoms with Gasteiger partial charge in [0.25, 0.3) is 0 Å². The summed E-state index contributed by atoms with van der Waals surface area (Å²) >= 11 is 0. The van der Waals surface area contributed by atoms with Crippen LogP contribution in [0.3, 0.4) is 0 Å². The summed E-state index contributed by atoms with van der Waals surface area (Å²) in [7, 11) is 0. The van der Waals surface area contributed by atoms with E-state index in [4.69, 9.17) is 0 Å². The first-order chi connectivity index (χ1) is 9.40. The van der Waals surface area contributed by atoms with Crippen LogP contribution in [0.2, 0.25) is 0 Å². The van der Waals surface area contributed by atoms with Gasteiger partial charge >= 0.3 is 0 Å². The predicted octanol–water partition coefficient (Wildman–Crippen LogP) is 1.81. The van der Waals surface area contributed by atoms with E-state index in [1.165, 1.54) is 0 Å². The van der Waals surface area contributed by atoms with Crippen molar-refractivity contribution >= 4 is 17.5 Å². The average Bonchev–Trinajstić information content (AvgIpc) is 3.14. The highest BCUT2D eigenvalue weighted by molar-refractivity contribution is 5.95. The van der Waals surface area contributed by atoms with Crippen LogP contribution in [0.1, 0.15) is 13.3 Å². The molecule has 2 amide bonds. The summed E-state index contributed by atoms with van der Waals surface area (Å²) < 4.78 is 38.9. The van der Waals surface area contributed by atoms with E-state index < -0.39 is 29.0 Å². The minimum atomic E-state index is -1.65. The fourth-order valence-corrected chi connectivity index (χ4v) is 1.80. The molecule has 108 valence electrons. The minimum Gasteiger partial charge on any atom is -0.347 e. The topological polar surface area (TPSA) is 58.2 Å². The third kappa shape index (κ3) is 3.09. The van der Waals surface area contributed by atoms with Crippen molar-refractivity contribution in [2.45, 2.75) is 13.3 Å².